The average Bonchev–Trinajstić information content (AvgIpc) is 3.26. The third-order valence-electron chi connectivity index (χ3n) is 6.34. The Bertz CT molecular complexity index is 1070. The minimum atomic E-state index is -1.41. The van der Waals surface area contributed by atoms with E-state index in [1.165, 1.54) is 0 Å². The SMILES string of the molecule is CCC(C)C(NC(=O)C(N)C(C)C)C(=O)NC(CO)C(=O)NC(Cc1c[nH]c2ccccc12)C(=O)O. The molecule has 0 spiro atoms. The largest absolute Gasteiger partial charge is 0.480 e. The smallest absolute Gasteiger partial charge is 0.326 e. The molecular formula is C25H37N5O6. The summed E-state index contributed by atoms with van der Waals surface area (Å²) in [5, 5.41) is 27.8. The molecule has 36 heavy (non-hydrogen) atoms. The van der Waals surface area contributed by atoms with E-state index in [2.05, 4.69) is 20.9 Å². The highest BCUT2D eigenvalue weighted by atomic mass is 16.4. The molecule has 1 aromatic carbocycles. The van der Waals surface area contributed by atoms with Crippen LogP contribution in [0.25, 0.3) is 10.9 Å². The maximum absolute atomic E-state index is 13.0. The molecule has 2 aromatic rings. The molecule has 11 heteroatoms. The van der Waals surface area contributed by atoms with Gasteiger partial charge < -0.3 is 36.9 Å². The van der Waals surface area contributed by atoms with Gasteiger partial charge in [-0.2, -0.15) is 0 Å². The number of nitrogens with one attached hydrogen (secondary N) is 4. The Kier molecular flexibility index (Phi) is 10.4. The molecule has 5 atom stereocenters. The number of aliphatic hydroxyl groups is 1. The van der Waals surface area contributed by atoms with Crippen molar-refractivity contribution in [1.82, 2.24) is 20.9 Å². The second kappa shape index (κ2) is 13.0. The first-order valence-electron chi connectivity index (χ1n) is 12.0. The number of nitrogens with two attached hydrogens (primary N) is 1. The van der Waals surface area contributed by atoms with Crippen molar-refractivity contribution in [3.63, 3.8) is 0 Å². The Hall–Kier alpha value is -3.44. The maximum Gasteiger partial charge on any atom is 0.326 e. The highest BCUT2D eigenvalue weighted by Crippen LogP contribution is 2.19. The van der Waals surface area contributed by atoms with Gasteiger partial charge in [-0.05, 0) is 23.5 Å². The normalized spacial score (nSPS) is 15.5. The van der Waals surface area contributed by atoms with Crippen molar-refractivity contribution in [2.75, 3.05) is 6.61 Å². The Morgan fingerprint density at radius 2 is 1.61 bits per heavy atom. The van der Waals surface area contributed by atoms with Crippen molar-refractivity contribution in [3.8, 4) is 0 Å². The number of amides is 3. The van der Waals surface area contributed by atoms with Gasteiger partial charge in [-0.3, -0.25) is 14.4 Å². The number of aliphatic carboxylic acids is 1. The van der Waals surface area contributed by atoms with Crippen LogP contribution in [0.1, 0.15) is 39.7 Å². The number of benzene rings is 1. The molecule has 1 heterocycles. The van der Waals surface area contributed by atoms with Crippen LogP contribution in [0.5, 0.6) is 0 Å². The number of para-hydroxylation sites is 1. The highest BCUT2D eigenvalue weighted by molar-refractivity contribution is 5.94. The number of hydrogen-bond donors (Lipinski definition) is 7. The number of aromatic amines is 1. The van der Waals surface area contributed by atoms with Crippen LogP contribution in [0.4, 0.5) is 0 Å². The average molecular weight is 504 g/mol. The molecule has 11 nitrogen and oxygen atoms in total. The molecule has 0 aliphatic heterocycles. The number of carboxylic acid groups (broad SMARTS) is 1. The summed E-state index contributed by atoms with van der Waals surface area (Å²) >= 11 is 0. The molecular weight excluding hydrogens is 466 g/mol. The van der Waals surface area contributed by atoms with Crippen LogP contribution in [-0.4, -0.2) is 69.7 Å². The van der Waals surface area contributed by atoms with Crippen molar-refractivity contribution in [1.29, 1.82) is 0 Å². The topological polar surface area (TPSA) is 187 Å². The summed E-state index contributed by atoms with van der Waals surface area (Å²) in [7, 11) is 0. The minimum absolute atomic E-state index is 0.00414. The number of aromatic nitrogens is 1. The number of fused-ring (bicyclic) bond motifs is 1. The second-order valence-corrected chi connectivity index (χ2v) is 9.35. The maximum atomic E-state index is 13.0. The van der Waals surface area contributed by atoms with E-state index < -0.39 is 54.5 Å². The molecule has 0 fully saturated rings. The molecule has 2 rings (SSSR count). The monoisotopic (exact) mass is 503 g/mol. The first-order valence-corrected chi connectivity index (χ1v) is 12.0. The molecule has 0 saturated heterocycles. The molecule has 0 aliphatic rings. The van der Waals surface area contributed by atoms with Crippen molar-refractivity contribution < 1.29 is 29.4 Å². The van der Waals surface area contributed by atoms with E-state index in [1.807, 2.05) is 31.2 Å². The molecule has 8 N–H and O–H groups in total. The third-order valence-corrected chi connectivity index (χ3v) is 6.34. The number of carbonyl (C=O) groups excluding carboxylic acids is 3. The summed E-state index contributed by atoms with van der Waals surface area (Å²) < 4.78 is 0. The Labute approximate surface area is 210 Å². The zero-order valence-corrected chi connectivity index (χ0v) is 21.1. The first-order chi connectivity index (χ1) is 17.0. The standard InChI is InChI=1S/C25H37N5O6/c1-5-14(4)21(30-23(33)20(26)13(2)3)24(34)29-19(12-31)22(32)28-18(25(35)36)10-15-11-27-17-9-7-6-8-16(15)17/h6-9,11,13-14,18-21,27,31H,5,10,12,26H2,1-4H3,(H,28,32)(H,29,34)(H,30,33)(H,35,36). The Balaban J connectivity index is 2.12. The van der Waals surface area contributed by atoms with E-state index in [0.717, 1.165) is 10.9 Å². The van der Waals surface area contributed by atoms with Crippen LogP contribution in [0.2, 0.25) is 0 Å². The number of hydrogen-bond acceptors (Lipinski definition) is 6. The third kappa shape index (κ3) is 7.28. The van der Waals surface area contributed by atoms with Gasteiger partial charge in [-0.1, -0.05) is 52.3 Å². The van der Waals surface area contributed by atoms with Crippen molar-refractivity contribution >= 4 is 34.6 Å². The summed E-state index contributed by atoms with van der Waals surface area (Å²) in [6.45, 7) is 6.41. The van der Waals surface area contributed by atoms with Crippen LogP contribution < -0.4 is 21.7 Å². The van der Waals surface area contributed by atoms with Gasteiger partial charge in [0.05, 0.1) is 12.6 Å². The van der Waals surface area contributed by atoms with Crippen molar-refractivity contribution in [3.05, 3.63) is 36.0 Å². The quantitative estimate of drug-likeness (QED) is 0.204. The van der Waals surface area contributed by atoms with E-state index >= 15 is 0 Å². The van der Waals surface area contributed by atoms with Crippen LogP contribution >= 0.6 is 0 Å². The van der Waals surface area contributed by atoms with Crippen LogP contribution in [0.15, 0.2) is 30.5 Å². The van der Waals surface area contributed by atoms with Crippen molar-refractivity contribution in [2.45, 2.75) is 64.7 Å². The lowest BCUT2D eigenvalue weighted by molar-refractivity contribution is -0.142. The number of H-pyrrole nitrogens is 1. The summed E-state index contributed by atoms with van der Waals surface area (Å²) in [4.78, 5) is 53.2. The Morgan fingerprint density at radius 1 is 0.972 bits per heavy atom. The van der Waals surface area contributed by atoms with Crippen LogP contribution in [0.3, 0.4) is 0 Å². The summed E-state index contributed by atoms with van der Waals surface area (Å²) in [5.41, 5.74) is 7.42. The summed E-state index contributed by atoms with van der Waals surface area (Å²) in [5.74, 6) is -3.72. The molecule has 3 amide bonds. The molecule has 0 bridgehead atoms. The summed E-state index contributed by atoms with van der Waals surface area (Å²) in [6, 6.07) is 2.85. The Morgan fingerprint density at radius 3 is 2.19 bits per heavy atom. The zero-order valence-electron chi connectivity index (χ0n) is 21.1. The van der Waals surface area contributed by atoms with Gasteiger partial charge in [0, 0.05) is 23.5 Å². The number of carboxylic acids is 1. The fourth-order valence-electron chi connectivity index (χ4n) is 3.70. The summed E-state index contributed by atoms with van der Waals surface area (Å²) in [6.07, 6.45) is 2.23. The van der Waals surface area contributed by atoms with Gasteiger partial charge in [-0.25, -0.2) is 4.79 Å². The van der Waals surface area contributed by atoms with Gasteiger partial charge in [0.1, 0.15) is 18.1 Å². The van der Waals surface area contributed by atoms with E-state index in [1.54, 1.807) is 27.0 Å². The van der Waals surface area contributed by atoms with E-state index in [9.17, 15) is 29.4 Å². The predicted molar refractivity (Wildman–Crippen MR) is 135 cm³/mol. The molecule has 5 unspecified atom stereocenters. The van der Waals surface area contributed by atoms with Crippen LogP contribution in [-0.2, 0) is 25.6 Å². The molecule has 0 aliphatic carbocycles. The minimum Gasteiger partial charge on any atom is -0.480 e. The van der Waals surface area contributed by atoms with E-state index in [-0.39, 0.29) is 18.3 Å². The lowest BCUT2D eigenvalue weighted by atomic mass is 9.96. The van der Waals surface area contributed by atoms with Crippen molar-refractivity contribution in [2.24, 2.45) is 17.6 Å². The number of carbonyl (C=O) groups is 4. The second-order valence-electron chi connectivity index (χ2n) is 9.35. The molecule has 1 aromatic heterocycles. The molecule has 0 saturated carbocycles. The van der Waals surface area contributed by atoms with E-state index in [4.69, 9.17) is 5.73 Å². The molecule has 198 valence electrons. The first kappa shape index (κ1) is 28.8. The fourth-order valence-corrected chi connectivity index (χ4v) is 3.70. The fraction of sp³-hybridized carbons (Fsp3) is 0.520. The lowest BCUT2D eigenvalue weighted by Crippen LogP contribution is -2.60. The number of aliphatic hydroxyl groups excluding tert-OH is 1. The van der Waals surface area contributed by atoms with Gasteiger partial charge in [-0.15, -0.1) is 0 Å². The van der Waals surface area contributed by atoms with Gasteiger partial charge in [0.15, 0.2) is 0 Å². The highest BCUT2D eigenvalue weighted by Gasteiger charge is 2.32. The van der Waals surface area contributed by atoms with Gasteiger partial charge in [0.25, 0.3) is 0 Å². The predicted octanol–water partition coefficient (Wildman–Crippen LogP) is 0.271. The van der Waals surface area contributed by atoms with Crippen LogP contribution in [0, 0.1) is 11.8 Å². The lowest BCUT2D eigenvalue weighted by Gasteiger charge is -2.28. The zero-order chi connectivity index (χ0) is 27.0. The number of rotatable bonds is 13. The van der Waals surface area contributed by atoms with Gasteiger partial charge >= 0.3 is 5.97 Å². The van der Waals surface area contributed by atoms with E-state index in [0.29, 0.717) is 12.0 Å². The molecule has 0 radical (unpaired) electrons. The van der Waals surface area contributed by atoms with Gasteiger partial charge in [0.2, 0.25) is 17.7 Å².